The average Bonchev–Trinajstić information content (AvgIpc) is 3.19. The number of hydrogen-bond acceptors (Lipinski definition) is 5. The summed E-state index contributed by atoms with van der Waals surface area (Å²) < 4.78 is 30.7. The van der Waals surface area contributed by atoms with E-state index >= 15 is 0 Å². The lowest BCUT2D eigenvalue weighted by atomic mass is 10.0. The topological polar surface area (TPSA) is 88.7 Å². The Hall–Kier alpha value is -3.68. The molecule has 1 unspecified atom stereocenters. The maximum absolute atomic E-state index is 13.0. The van der Waals surface area contributed by atoms with Gasteiger partial charge in [0.15, 0.2) is 0 Å². The summed E-state index contributed by atoms with van der Waals surface area (Å²) in [6.45, 7) is -0.0135. The normalized spacial score (nSPS) is 15.9. The number of aromatic hydroxyl groups is 1. The largest absolute Gasteiger partial charge is 0.507 e. The highest BCUT2D eigenvalue weighted by molar-refractivity contribution is 5.97. The van der Waals surface area contributed by atoms with Crippen LogP contribution in [0.25, 0.3) is 22.4 Å². The molecule has 0 bridgehead atoms. The van der Waals surface area contributed by atoms with Gasteiger partial charge in [-0.2, -0.15) is 8.78 Å². The van der Waals surface area contributed by atoms with Gasteiger partial charge in [0.2, 0.25) is 0 Å². The van der Waals surface area contributed by atoms with Crippen LogP contribution in [0.3, 0.4) is 0 Å². The van der Waals surface area contributed by atoms with Crippen LogP contribution in [0, 0.1) is 0 Å². The molecule has 1 saturated heterocycles. The van der Waals surface area contributed by atoms with Crippen LogP contribution in [0.2, 0.25) is 0 Å². The number of amides is 1. The molecule has 2 aromatic carbocycles. The SMILES string of the molecule is CC1CCCN1c1cc(-c2ccccc2OC(F)F)cc(-c2ccc(O)c(C(N)=O)c2)n1. The van der Waals surface area contributed by atoms with Crippen molar-refractivity contribution in [2.24, 2.45) is 5.73 Å². The standard InChI is InChI=1S/C24H23F2N3O3/c1-14-5-4-10-29(14)22-13-16(17-6-2-3-7-21(17)32-24(25)26)12-19(28-22)15-8-9-20(30)18(11-15)23(27)31/h2-3,6-9,11-14,24,30H,4-5,10H2,1H3,(H2,27,31). The molecule has 8 heteroatoms. The Bertz CT molecular complexity index is 1150. The fourth-order valence-corrected chi connectivity index (χ4v) is 4.04. The Morgan fingerprint density at radius 3 is 2.66 bits per heavy atom. The number of carbonyl (C=O) groups excluding carboxylic acids is 1. The minimum Gasteiger partial charge on any atom is -0.507 e. The number of halogens is 2. The molecule has 1 aliphatic heterocycles. The quantitative estimate of drug-likeness (QED) is 0.575. The summed E-state index contributed by atoms with van der Waals surface area (Å²) in [6, 6.07) is 14.9. The molecule has 1 aliphatic rings. The first-order valence-electron chi connectivity index (χ1n) is 10.3. The van der Waals surface area contributed by atoms with Crippen molar-refractivity contribution in [1.82, 2.24) is 4.98 Å². The average molecular weight is 439 g/mol. The van der Waals surface area contributed by atoms with E-state index in [4.69, 9.17) is 15.5 Å². The fraction of sp³-hybridized carbons (Fsp3) is 0.250. The van der Waals surface area contributed by atoms with Gasteiger partial charge >= 0.3 is 6.61 Å². The Kier molecular flexibility index (Phi) is 5.94. The van der Waals surface area contributed by atoms with Crippen molar-refractivity contribution in [3.05, 3.63) is 60.2 Å². The van der Waals surface area contributed by atoms with Gasteiger partial charge in [-0.25, -0.2) is 4.98 Å². The molecule has 1 atom stereocenters. The number of nitrogens with zero attached hydrogens (tertiary/aromatic N) is 2. The first-order chi connectivity index (χ1) is 15.3. The Morgan fingerprint density at radius 2 is 1.97 bits per heavy atom. The number of ether oxygens (including phenoxy) is 1. The summed E-state index contributed by atoms with van der Waals surface area (Å²) in [4.78, 5) is 18.7. The summed E-state index contributed by atoms with van der Waals surface area (Å²) in [6.07, 6.45) is 2.05. The summed E-state index contributed by atoms with van der Waals surface area (Å²) in [5, 5.41) is 9.95. The number of rotatable bonds is 6. The van der Waals surface area contributed by atoms with Crippen molar-refractivity contribution < 1.29 is 23.4 Å². The molecule has 0 radical (unpaired) electrons. The molecule has 3 aromatic rings. The van der Waals surface area contributed by atoms with E-state index in [1.54, 1.807) is 30.3 Å². The van der Waals surface area contributed by atoms with Gasteiger partial charge in [0, 0.05) is 23.7 Å². The van der Waals surface area contributed by atoms with E-state index in [9.17, 15) is 18.7 Å². The Labute approximate surface area is 184 Å². The smallest absolute Gasteiger partial charge is 0.387 e. The number of alkyl halides is 2. The maximum atomic E-state index is 13.0. The van der Waals surface area contributed by atoms with Crippen LogP contribution in [0.5, 0.6) is 11.5 Å². The number of aromatic nitrogens is 1. The number of benzene rings is 2. The summed E-state index contributed by atoms with van der Waals surface area (Å²) >= 11 is 0. The van der Waals surface area contributed by atoms with E-state index in [2.05, 4.69) is 11.8 Å². The molecule has 6 nitrogen and oxygen atoms in total. The molecule has 2 heterocycles. The minimum atomic E-state index is -2.95. The van der Waals surface area contributed by atoms with Gasteiger partial charge in [0.25, 0.3) is 5.91 Å². The molecule has 32 heavy (non-hydrogen) atoms. The van der Waals surface area contributed by atoms with Gasteiger partial charge in [0.05, 0.1) is 11.3 Å². The second-order valence-corrected chi connectivity index (χ2v) is 7.75. The molecule has 166 valence electrons. The molecule has 1 fully saturated rings. The molecule has 4 rings (SSSR count). The molecule has 0 spiro atoms. The molecule has 1 amide bonds. The van der Waals surface area contributed by atoms with Crippen LogP contribution in [-0.4, -0.2) is 35.2 Å². The van der Waals surface area contributed by atoms with E-state index in [-0.39, 0.29) is 23.1 Å². The lowest BCUT2D eigenvalue weighted by Crippen LogP contribution is -2.27. The van der Waals surface area contributed by atoms with Crippen LogP contribution in [-0.2, 0) is 0 Å². The van der Waals surface area contributed by atoms with E-state index < -0.39 is 12.5 Å². The van der Waals surface area contributed by atoms with Crippen LogP contribution >= 0.6 is 0 Å². The van der Waals surface area contributed by atoms with Crippen LogP contribution < -0.4 is 15.4 Å². The minimum absolute atomic E-state index is 0.0211. The first kappa shape index (κ1) is 21.5. The monoisotopic (exact) mass is 439 g/mol. The highest BCUT2D eigenvalue weighted by Gasteiger charge is 2.24. The van der Waals surface area contributed by atoms with Crippen molar-refractivity contribution >= 4 is 11.7 Å². The van der Waals surface area contributed by atoms with Gasteiger partial charge in [-0.05, 0) is 61.7 Å². The van der Waals surface area contributed by atoms with Crippen molar-refractivity contribution in [3.8, 4) is 33.9 Å². The van der Waals surface area contributed by atoms with Crippen LogP contribution in [0.15, 0.2) is 54.6 Å². The maximum Gasteiger partial charge on any atom is 0.387 e. The first-order valence-corrected chi connectivity index (χ1v) is 10.3. The highest BCUT2D eigenvalue weighted by Crippen LogP contribution is 2.37. The van der Waals surface area contributed by atoms with Crippen molar-refractivity contribution in [2.75, 3.05) is 11.4 Å². The third kappa shape index (κ3) is 4.34. The van der Waals surface area contributed by atoms with Gasteiger partial charge < -0.3 is 20.5 Å². The number of nitrogens with two attached hydrogens (primary N) is 1. The van der Waals surface area contributed by atoms with Gasteiger partial charge in [-0.3, -0.25) is 4.79 Å². The van der Waals surface area contributed by atoms with Crippen LogP contribution in [0.4, 0.5) is 14.6 Å². The van der Waals surface area contributed by atoms with E-state index in [0.29, 0.717) is 28.2 Å². The number of hydrogen-bond donors (Lipinski definition) is 2. The van der Waals surface area contributed by atoms with Gasteiger partial charge in [-0.15, -0.1) is 0 Å². The zero-order valence-electron chi connectivity index (χ0n) is 17.5. The number of carbonyl (C=O) groups is 1. The number of primary amides is 1. The number of para-hydroxylation sites is 1. The second kappa shape index (κ2) is 8.82. The van der Waals surface area contributed by atoms with Crippen molar-refractivity contribution in [3.63, 3.8) is 0 Å². The van der Waals surface area contributed by atoms with Crippen LogP contribution in [0.1, 0.15) is 30.1 Å². The third-order valence-electron chi connectivity index (χ3n) is 5.63. The zero-order chi connectivity index (χ0) is 22.8. The lowest BCUT2D eigenvalue weighted by Gasteiger charge is -2.24. The number of anilines is 1. The summed E-state index contributed by atoms with van der Waals surface area (Å²) in [5.74, 6) is -0.224. The molecule has 0 saturated carbocycles. The Morgan fingerprint density at radius 1 is 1.19 bits per heavy atom. The summed E-state index contributed by atoms with van der Waals surface area (Å²) in [7, 11) is 0. The summed E-state index contributed by atoms with van der Waals surface area (Å²) in [5.41, 5.74) is 7.59. The molecule has 0 aliphatic carbocycles. The lowest BCUT2D eigenvalue weighted by molar-refractivity contribution is -0.0494. The highest BCUT2D eigenvalue weighted by atomic mass is 19.3. The zero-order valence-corrected chi connectivity index (χ0v) is 17.5. The molecular formula is C24H23F2N3O3. The predicted molar refractivity (Wildman–Crippen MR) is 118 cm³/mol. The number of pyridine rings is 1. The second-order valence-electron chi connectivity index (χ2n) is 7.75. The molecule has 1 aromatic heterocycles. The van der Waals surface area contributed by atoms with E-state index in [1.807, 2.05) is 6.07 Å². The molecular weight excluding hydrogens is 416 g/mol. The molecule has 3 N–H and O–H groups in total. The predicted octanol–water partition coefficient (Wildman–Crippen LogP) is 4.81. The van der Waals surface area contributed by atoms with Gasteiger partial charge in [0.1, 0.15) is 17.3 Å². The third-order valence-corrected chi connectivity index (χ3v) is 5.63. The van der Waals surface area contributed by atoms with E-state index in [0.717, 1.165) is 19.4 Å². The van der Waals surface area contributed by atoms with E-state index in [1.165, 1.54) is 18.2 Å². The number of phenols is 1. The Balaban J connectivity index is 1.89. The van der Waals surface area contributed by atoms with Crippen molar-refractivity contribution in [1.29, 1.82) is 0 Å². The van der Waals surface area contributed by atoms with Crippen molar-refractivity contribution in [2.45, 2.75) is 32.4 Å². The fourth-order valence-electron chi connectivity index (χ4n) is 4.04. The van der Waals surface area contributed by atoms with Gasteiger partial charge in [-0.1, -0.05) is 18.2 Å².